The first kappa shape index (κ1) is 14.9. The average Bonchev–Trinajstić information content (AvgIpc) is 2.68. The smallest absolute Gasteiger partial charge is 0.243 e. The molecule has 1 N–H and O–H groups in total. The first-order valence-corrected chi connectivity index (χ1v) is 7.42. The van der Waals surface area contributed by atoms with Crippen molar-refractivity contribution in [3.8, 4) is 0 Å². The molecule has 1 aromatic rings. The zero-order valence-electron chi connectivity index (χ0n) is 11.9. The molecule has 0 radical (unpaired) electrons. The molecule has 6 heteroatoms. The van der Waals surface area contributed by atoms with Gasteiger partial charge in [-0.25, -0.2) is 0 Å². The highest BCUT2D eigenvalue weighted by Gasteiger charge is 2.33. The van der Waals surface area contributed by atoms with Gasteiger partial charge >= 0.3 is 0 Å². The number of Topliss-reactive ketones (excluding diaryl/α,β-unsaturated/α-hetero) is 1. The maximum absolute atomic E-state index is 12.3. The summed E-state index contributed by atoms with van der Waals surface area (Å²) in [6.45, 7) is 5.95. The van der Waals surface area contributed by atoms with Gasteiger partial charge in [0.05, 0.1) is 19.1 Å². The Morgan fingerprint density at radius 3 is 2.70 bits per heavy atom. The molecular weight excluding hydrogens is 276 g/mol. The number of carbonyl (C=O) groups is 3. The van der Waals surface area contributed by atoms with Crippen LogP contribution in [0, 0.1) is 13.8 Å². The van der Waals surface area contributed by atoms with Crippen LogP contribution in [-0.2, 0) is 9.59 Å². The molecule has 2 heterocycles. The molecule has 1 aliphatic heterocycles. The highest BCUT2D eigenvalue weighted by molar-refractivity contribution is 7.12. The number of thiophene rings is 1. The van der Waals surface area contributed by atoms with Gasteiger partial charge in [0.2, 0.25) is 11.8 Å². The Bertz CT molecular complexity index is 565. The Balaban J connectivity index is 2.15. The lowest BCUT2D eigenvalue weighted by molar-refractivity contribution is -0.139. The van der Waals surface area contributed by atoms with Crippen LogP contribution in [0.15, 0.2) is 6.07 Å². The van der Waals surface area contributed by atoms with E-state index in [0.717, 1.165) is 9.75 Å². The number of ketones is 1. The number of nitrogens with zero attached hydrogens (tertiary/aromatic N) is 1. The molecule has 1 unspecified atom stereocenters. The summed E-state index contributed by atoms with van der Waals surface area (Å²) in [6, 6.07) is 1.46. The lowest BCUT2D eigenvalue weighted by atomic mass is 10.1. The molecule has 20 heavy (non-hydrogen) atoms. The first-order chi connectivity index (χ1) is 9.42. The van der Waals surface area contributed by atoms with Gasteiger partial charge in [-0.15, -0.1) is 11.3 Å². The average molecular weight is 294 g/mol. The van der Waals surface area contributed by atoms with E-state index in [9.17, 15) is 14.4 Å². The molecule has 2 amide bonds. The zero-order valence-corrected chi connectivity index (χ0v) is 12.7. The molecule has 108 valence electrons. The van der Waals surface area contributed by atoms with Crippen LogP contribution in [0.1, 0.15) is 33.5 Å². The topological polar surface area (TPSA) is 66.5 Å². The lowest BCUT2D eigenvalue weighted by Gasteiger charge is -2.32. The molecular formula is C14H18N2O3S. The fourth-order valence-electron chi connectivity index (χ4n) is 2.51. The van der Waals surface area contributed by atoms with Crippen LogP contribution in [0.3, 0.4) is 0 Å². The number of piperazine rings is 1. The van der Waals surface area contributed by atoms with Crippen LogP contribution in [0.4, 0.5) is 0 Å². The van der Waals surface area contributed by atoms with Crippen LogP contribution in [0.25, 0.3) is 0 Å². The third kappa shape index (κ3) is 2.96. The van der Waals surface area contributed by atoms with E-state index in [1.54, 1.807) is 16.2 Å². The Morgan fingerprint density at radius 2 is 2.15 bits per heavy atom. The highest BCUT2D eigenvalue weighted by Crippen LogP contribution is 2.22. The highest BCUT2D eigenvalue weighted by atomic mass is 32.1. The van der Waals surface area contributed by atoms with E-state index >= 15 is 0 Å². The van der Waals surface area contributed by atoms with E-state index in [0.29, 0.717) is 12.0 Å². The summed E-state index contributed by atoms with van der Waals surface area (Å²) < 4.78 is 0. The summed E-state index contributed by atoms with van der Waals surface area (Å²) in [5, 5.41) is 2.31. The van der Waals surface area contributed by atoms with Gasteiger partial charge in [0.1, 0.15) is 0 Å². The summed E-state index contributed by atoms with van der Waals surface area (Å²) in [6.07, 6.45) is 0.577. The minimum atomic E-state index is -0.406. The van der Waals surface area contributed by atoms with Crippen LogP contribution < -0.4 is 5.32 Å². The number of amides is 2. The minimum Gasteiger partial charge on any atom is -0.294 e. The molecule has 5 nitrogen and oxygen atoms in total. The number of aryl methyl sites for hydroxylation is 2. The van der Waals surface area contributed by atoms with E-state index in [1.165, 1.54) is 0 Å². The van der Waals surface area contributed by atoms with Crippen molar-refractivity contribution in [3.63, 3.8) is 0 Å². The largest absolute Gasteiger partial charge is 0.294 e. The Kier molecular flexibility index (Phi) is 4.35. The fourth-order valence-corrected chi connectivity index (χ4v) is 3.45. The normalized spacial score (nSPS) is 20.1. The van der Waals surface area contributed by atoms with Gasteiger partial charge in [-0.05, 0) is 26.3 Å². The van der Waals surface area contributed by atoms with E-state index in [-0.39, 0.29) is 30.7 Å². The van der Waals surface area contributed by atoms with Crippen molar-refractivity contribution in [2.45, 2.75) is 33.2 Å². The van der Waals surface area contributed by atoms with Crippen molar-refractivity contribution in [1.82, 2.24) is 10.2 Å². The molecule has 2 rings (SSSR count). The zero-order chi connectivity index (χ0) is 14.9. The predicted molar refractivity (Wildman–Crippen MR) is 76.9 cm³/mol. The summed E-state index contributed by atoms with van der Waals surface area (Å²) in [5.74, 6) is -0.687. The lowest BCUT2D eigenvalue weighted by Crippen LogP contribution is -2.58. The van der Waals surface area contributed by atoms with Crippen LogP contribution in [0.5, 0.6) is 0 Å². The van der Waals surface area contributed by atoms with Crippen LogP contribution >= 0.6 is 11.3 Å². The number of hydrogen-bond donors (Lipinski definition) is 1. The molecule has 0 aromatic carbocycles. The Labute approximate surface area is 122 Å². The second-order valence-electron chi connectivity index (χ2n) is 4.99. The molecule has 0 spiro atoms. The van der Waals surface area contributed by atoms with Gasteiger partial charge in [0.15, 0.2) is 5.78 Å². The number of imide groups is 1. The fraction of sp³-hybridized carbons (Fsp3) is 0.500. The van der Waals surface area contributed by atoms with Crippen molar-refractivity contribution >= 4 is 28.9 Å². The SMILES string of the molecule is CCC1C(=O)NC(=O)CN1CC(=O)c1cc(C)sc1C. The summed E-state index contributed by atoms with van der Waals surface area (Å²) in [4.78, 5) is 39.3. The molecule has 1 aromatic heterocycles. The summed E-state index contributed by atoms with van der Waals surface area (Å²) in [7, 11) is 0. The maximum Gasteiger partial charge on any atom is 0.243 e. The Hall–Kier alpha value is -1.53. The Morgan fingerprint density at radius 1 is 1.45 bits per heavy atom. The van der Waals surface area contributed by atoms with E-state index in [4.69, 9.17) is 0 Å². The van der Waals surface area contributed by atoms with Crippen molar-refractivity contribution in [1.29, 1.82) is 0 Å². The van der Waals surface area contributed by atoms with Gasteiger partial charge in [0.25, 0.3) is 0 Å². The second-order valence-corrected chi connectivity index (χ2v) is 6.45. The standard InChI is InChI=1S/C14H18N2O3S/c1-4-11-14(19)15-13(18)7-16(11)6-12(17)10-5-8(2)20-9(10)3/h5,11H,4,6-7H2,1-3H3,(H,15,18,19). The molecule has 1 aliphatic rings. The predicted octanol–water partition coefficient (Wildman–Crippen LogP) is 1.28. The van der Waals surface area contributed by atoms with Gasteiger partial charge in [-0.2, -0.15) is 0 Å². The molecule has 0 saturated carbocycles. The first-order valence-electron chi connectivity index (χ1n) is 6.60. The minimum absolute atomic E-state index is 0.0344. The number of nitrogens with one attached hydrogen (secondary N) is 1. The number of carbonyl (C=O) groups excluding carboxylic acids is 3. The maximum atomic E-state index is 12.3. The molecule has 0 aliphatic carbocycles. The van der Waals surface area contributed by atoms with Crippen molar-refractivity contribution in [2.75, 3.05) is 13.1 Å². The molecule has 1 atom stereocenters. The molecule has 0 bridgehead atoms. The molecule has 1 saturated heterocycles. The van der Waals surface area contributed by atoms with E-state index in [1.807, 2.05) is 26.8 Å². The molecule has 1 fully saturated rings. The van der Waals surface area contributed by atoms with Gasteiger partial charge in [-0.1, -0.05) is 6.92 Å². The third-order valence-electron chi connectivity index (χ3n) is 3.43. The monoisotopic (exact) mass is 294 g/mol. The van der Waals surface area contributed by atoms with Gasteiger partial charge < -0.3 is 0 Å². The number of hydrogen-bond acceptors (Lipinski definition) is 5. The van der Waals surface area contributed by atoms with Crippen molar-refractivity contribution < 1.29 is 14.4 Å². The van der Waals surface area contributed by atoms with Gasteiger partial charge in [0, 0.05) is 15.3 Å². The van der Waals surface area contributed by atoms with Crippen molar-refractivity contribution in [3.05, 3.63) is 21.4 Å². The summed E-state index contributed by atoms with van der Waals surface area (Å²) >= 11 is 1.58. The van der Waals surface area contributed by atoms with E-state index in [2.05, 4.69) is 5.32 Å². The van der Waals surface area contributed by atoms with Gasteiger partial charge in [-0.3, -0.25) is 24.6 Å². The summed E-state index contributed by atoms with van der Waals surface area (Å²) in [5.41, 5.74) is 0.695. The van der Waals surface area contributed by atoms with E-state index < -0.39 is 6.04 Å². The quantitative estimate of drug-likeness (QED) is 0.671. The van der Waals surface area contributed by atoms with Crippen LogP contribution in [0.2, 0.25) is 0 Å². The van der Waals surface area contributed by atoms with Crippen LogP contribution in [-0.4, -0.2) is 41.6 Å². The second kappa shape index (κ2) is 5.85. The third-order valence-corrected chi connectivity index (χ3v) is 4.39. The number of rotatable bonds is 4. The van der Waals surface area contributed by atoms with Crippen molar-refractivity contribution in [2.24, 2.45) is 0 Å².